The molecule has 0 radical (unpaired) electrons. The van der Waals surface area contributed by atoms with Crippen molar-refractivity contribution in [3.63, 3.8) is 0 Å². The number of anilines is 1. The van der Waals surface area contributed by atoms with Crippen LogP contribution in [0.3, 0.4) is 0 Å². The maximum absolute atomic E-state index is 12.8. The number of hydrogen-bond donors (Lipinski definition) is 1. The Bertz CT molecular complexity index is 560. The number of nitrogens with two attached hydrogens (primary N) is 1. The number of carbonyl (C=O) groups excluding carboxylic acids is 1. The van der Waals surface area contributed by atoms with Crippen LogP contribution in [-0.2, 0) is 4.74 Å². The third kappa shape index (κ3) is 2.20. The molecule has 0 aliphatic heterocycles. The largest absolute Gasteiger partial charge is 0.460 e. The monoisotopic (exact) mass is 249 g/mol. The van der Waals surface area contributed by atoms with Crippen LogP contribution in [-0.4, -0.2) is 12.6 Å². The molecule has 0 saturated carbocycles. The van der Waals surface area contributed by atoms with Crippen LogP contribution in [0.2, 0.25) is 0 Å². The Hall–Kier alpha value is -2.30. The van der Waals surface area contributed by atoms with Gasteiger partial charge in [0, 0.05) is 5.56 Å². The van der Waals surface area contributed by atoms with Crippen LogP contribution >= 0.6 is 0 Å². The lowest BCUT2D eigenvalue weighted by Crippen LogP contribution is -2.06. The van der Waals surface area contributed by atoms with Crippen LogP contribution in [0.4, 0.5) is 10.1 Å². The van der Waals surface area contributed by atoms with Gasteiger partial charge in [0.15, 0.2) is 0 Å². The molecule has 1 aromatic heterocycles. The molecule has 1 heterocycles. The zero-order chi connectivity index (χ0) is 13.1. The van der Waals surface area contributed by atoms with E-state index >= 15 is 0 Å². The van der Waals surface area contributed by atoms with Gasteiger partial charge in [0.2, 0.25) is 5.76 Å². The SMILES string of the molecule is CCOC(=O)c1occ(-c2ccc(F)cc2)c1N. The molecule has 0 aliphatic carbocycles. The van der Waals surface area contributed by atoms with E-state index in [1.807, 2.05) is 0 Å². The van der Waals surface area contributed by atoms with Crippen LogP contribution in [0.5, 0.6) is 0 Å². The van der Waals surface area contributed by atoms with Crippen LogP contribution < -0.4 is 5.73 Å². The normalized spacial score (nSPS) is 10.3. The van der Waals surface area contributed by atoms with E-state index in [0.29, 0.717) is 11.1 Å². The van der Waals surface area contributed by atoms with Crippen LogP contribution in [0.1, 0.15) is 17.5 Å². The van der Waals surface area contributed by atoms with Gasteiger partial charge in [-0.3, -0.25) is 0 Å². The summed E-state index contributed by atoms with van der Waals surface area (Å²) in [7, 11) is 0. The lowest BCUT2D eigenvalue weighted by Gasteiger charge is -2.01. The lowest BCUT2D eigenvalue weighted by atomic mass is 10.1. The molecule has 0 atom stereocenters. The van der Waals surface area contributed by atoms with E-state index in [4.69, 9.17) is 14.9 Å². The predicted octanol–water partition coefficient (Wildman–Crippen LogP) is 2.84. The topological polar surface area (TPSA) is 65.5 Å². The molecular formula is C13H12FNO3. The number of rotatable bonds is 3. The summed E-state index contributed by atoms with van der Waals surface area (Å²) in [5.74, 6) is -0.981. The van der Waals surface area contributed by atoms with E-state index in [0.717, 1.165) is 0 Å². The summed E-state index contributed by atoms with van der Waals surface area (Å²) >= 11 is 0. The van der Waals surface area contributed by atoms with Crippen molar-refractivity contribution in [3.05, 3.63) is 42.1 Å². The van der Waals surface area contributed by atoms with Crippen molar-refractivity contribution >= 4 is 11.7 Å². The number of carbonyl (C=O) groups is 1. The zero-order valence-electron chi connectivity index (χ0n) is 9.77. The van der Waals surface area contributed by atoms with E-state index in [-0.39, 0.29) is 23.9 Å². The average molecular weight is 249 g/mol. The van der Waals surface area contributed by atoms with Gasteiger partial charge in [-0.15, -0.1) is 0 Å². The summed E-state index contributed by atoms with van der Waals surface area (Å²) in [6, 6.07) is 5.74. The summed E-state index contributed by atoms with van der Waals surface area (Å²) in [6.07, 6.45) is 1.36. The molecule has 18 heavy (non-hydrogen) atoms. The zero-order valence-corrected chi connectivity index (χ0v) is 9.77. The number of esters is 1. The second kappa shape index (κ2) is 4.91. The maximum atomic E-state index is 12.8. The van der Waals surface area contributed by atoms with E-state index in [1.165, 1.54) is 18.4 Å². The molecule has 0 spiro atoms. The van der Waals surface area contributed by atoms with Gasteiger partial charge in [-0.2, -0.15) is 0 Å². The van der Waals surface area contributed by atoms with Gasteiger partial charge >= 0.3 is 5.97 Å². The first-order valence-electron chi connectivity index (χ1n) is 5.43. The second-order valence-electron chi connectivity index (χ2n) is 3.62. The molecule has 2 N–H and O–H groups in total. The Balaban J connectivity index is 2.36. The molecule has 2 rings (SSSR count). The Morgan fingerprint density at radius 2 is 2.06 bits per heavy atom. The summed E-state index contributed by atoms with van der Waals surface area (Å²) in [5.41, 5.74) is 7.22. The first kappa shape index (κ1) is 12.2. The van der Waals surface area contributed by atoms with Gasteiger partial charge in [0.1, 0.15) is 12.1 Å². The molecule has 0 amide bonds. The minimum absolute atomic E-state index is 0.0313. The Morgan fingerprint density at radius 3 is 2.67 bits per heavy atom. The predicted molar refractivity (Wildman–Crippen MR) is 64.5 cm³/mol. The number of hydrogen-bond acceptors (Lipinski definition) is 4. The van der Waals surface area contributed by atoms with E-state index < -0.39 is 5.97 Å². The molecular weight excluding hydrogens is 237 g/mol. The van der Waals surface area contributed by atoms with Crippen molar-refractivity contribution in [1.82, 2.24) is 0 Å². The van der Waals surface area contributed by atoms with Crippen molar-refractivity contribution in [2.45, 2.75) is 6.92 Å². The van der Waals surface area contributed by atoms with Crippen LogP contribution in [0.25, 0.3) is 11.1 Å². The second-order valence-corrected chi connectivity index (χ2v) is 3.62. The fraction of sp³-hybridized carbons (Fsp3) is 0.154. The molecule has 0 aliphatic rings. The molecule has 4 nitrogen and oxygen atoms in total. The third-order valence-corrected chi connectivity index (χ3v) is 2.45. The summed E-state index contributed by atoms with van der Waals surface area (Å²) in [4.78, 5) is 11.5. The minimum atomic E-state index is -0.608. The van der Waals surface area contributed by atoms with Gasteiger partial charge in [-0.1, -0.05) is 12.1 Å². The number of ether oxygens (including phenoxy) is 1. The first-order valence-corrected chi connectivity index (χ1v) is 5.43. The van der Waals surface area contributed by atoms with Crippen molar-refractivity contribution in [3.8, 4) is 11.1 Å². The fourth-order valence-electron chi connectivity index (χ4n) is 1.57. The Labute approximate surface area is 103 Å². The molecule has 1 aromatic carbocycles. The molecule has 0 saturated heterocycles. The highest BCUT2D eigenvalue weighted by molar-refractivity contribution is 5.96. The standard InChI is InChI=1S/C13H12FNO3/c1-2-17-13(16)12-11(15)10(7-18-12)8-3-5-9(14)6-4-8/h3-7H,2,15H2,1H3. The minimum Gasteiger partial charge on any atom is -0.460 e. The molecule has 5 heteroatoms. The number of furan rings is 1. The van der Waals surface area contributed by atoms with Crippen molar-refractivity contribution in [2.24, 2.45) is 0 Å². The smallest absolute Gasteiger partial charge is 0.376 e. The van der Waals surface area contributed by atoms with E-state index in [9.17, 15) is 9.18 Å². The molecule has 0 unspecified atom stereocenters. The maximum Gasteiger partial charge on any atom is 0.376 e. The number of benzene rings is 1. The Kier molecular flexibility index (Phi) is 3.32. The van der Waals surface area contributed by atoms with E-state index in [1.54, 1.807) is 19.1 Å². The average Bonchev–Trinajstić information content (AvgIpc) is 2.73. The van der Waals surface area contributed by atoms with Gasteiger partial charge in [0.25, 0.3) is 0 Å². The van der Waals surface area contributed by atoms with Crippen LogP contribution in [0.15, 0.2) is 34.9 Å². The highest BCUT2D eigenvalue weighted by Crippen LogP contribution is 2.31. The fourth-order valence-corrected chi connectivity index (χ4v) is 1.57. The lowest BCUT2D eigenvalue weighted by molar-refractivity contribution is 0.0492. The molecule has 0 fully saturated rings. The Morgan fingerprint density at radius 1 is 1.39 bits per heavy atom. The third-order valence-electron chi connectivity index (χ3n) is 2.45. The molecule has 94 valence electrons. The van der Waals surface area contributed by atoms with E-state index in [2.05, 4.69) is 0 Å². The van der Waals surface area contributed by atoms with Crippen molar-refractivity contribution in [2.75, 3.05) is 12.3 Å². The van der Waals surface area contributed by atoms with Gasteiger partial charge in [0.05, 0.1) is 12.3 Å². The van der Waals surface area contributed by atoms with Crippen LogP contribution in [0, 0.1) is 5.82 Å². The van der Waals surface area contributed by atoms with Crippen molar-refractivity contribution < 1.29 is 18.3 Å². The number of nitrogen functional groups attached to an aromatic ring is 1. The quantitative estimate of drug-likeness (QED) is 0.849. The summed E-state index contributed by atoms with van der Waals surface area (Å²) in [5, 5.41) is 0. The number of halogens is 1. The molecule has 2 aromatic rings. The summed E-state index contributed by atoms with van der Waals surface area (Å²) < 4.78 is 22.7. The molecule has 0 bridgehead atoms. The summed E-state index contributed by atoms with van der Waals surface area (Å²) in [6.45, 7) is 1.93. The van der Waals surface area contributed by atoms with Gasteiger partial charge in [-0.25, -0.2) is 9.18 Å². The van der Waals surface area contributed by atoms with Crippen molar-refractivity contribution in [1.29, 1.82) is 0 Å². The highest BCUT2D eigenvalue weighted by Gasteiger charge is 2.19. The first-order chi connectivity index (χ1) is 8.63. The van der Waals surface area contributed by atoms with Gasteiger partial charge in [-0.05, 0) is 24.6 Å². The van der Waals surface area contributed by atoms with Gasteiger partial charge < -0.3 is 14.9 Å². The highest BCUT2D eigenvalue weighted by atomic mass is 19.1.